The zero-order valence-corrected chi connectivity index (χ0v) is 9.53. The molecule has 8 nitrogen and oxygen atoms in total. The zero-order chi connectivity index (χ0) is 12.9. The molecule has 9 heteroatoms. The second-order valence-corrected chi connectivity index (χ2v) is 4.59. The lowest BCUT2D eigenvalue weighted by Crippen LogP contribution is -2.51. The van der Waals surface area contributed by atoms with Crippen LogP contribution in [0.5, 0.6) is 0 Å². The molecule has 0 radical (unpaired) electrons. The van der Waals surface area contributed by atoms with Crippen LogP contribution in [0.3, 0.4) is 0 Å². The molecule has 1 atom stereocenters. The van der Waals surface area contributed by atoms with Gasteiger partial charge in [0.05, 0.1) is 11.8 Å². The van der Waals surface area contributed by atoms with Crippen LogP contribution in [0.1, 0.15) is 5.69 Å². The molecule has 1 aromatic heterocycles. The normalized spacial score (nSPS) is 23.9. The molecule has 1 aromatic rings. The first-order valence-corrected chi connectivity index (χ1v) is 5.78. The molecule has 0 spiro atoms. The van der Waals surface area contributed by atoms with Crippen molar-refractivity contribution in [2.24, 2.45) is 0 Å². The number of fused-ring (bicyclic) bond motifs is 1. The monoisotopic (exact) mass is 266 g/mol. The second-order valence-electron chi connectivity index (χ2n) is 3.64. The number of amides is 1. The summed E-state index contributed by atoms with van der Waals surface area (Å²) in [6, 6.07) is 0. The maximum absolute atomic E-state index is 11.8. The molecule has 2 aliphatic heterocycles. The molecule has 0 bridgehead atoms. The molecule has 3 heterocycles. The fourth-order valence-corrected chi connectivity index (χ4v) is 2.88. The van der Waals surface area contributed by atoms with E-state index in [0.717, 1.165) is 0 Å². The Balaban J connectivity index is 1.86. The number of β-lactam (4-membered cyclic amide) rings is 1. The van der Waals surface area contributed by atoms with Crippen molar-refractivity contribution < 1.29 is 19.9 Å². The number of hydrogen-bond acceptors (Lipinski definition) is 6. The molecule has 1 fully saturated rings. The average molecular weight is 266 g/mol. The van der Waals surface area contributed by atoms with Crippen LogP contribution in [0.25, 0.3) is 6.08 Å². The van der Waals surface area contributed by atoms with E-state index in [1.165, 1.54) is 34.3 Å². The molecular formula is C9H6N4O4S. The molecule has 2 aliphatic rings. The summed E-state index contributed by atoms with van der Waals surface area (Å²) in [5.74, 6) is -1.50. The molecule has 0 aromatic carbocycles. The number of hydrogen-bond donors (Lipinski definition) is 2. The van der Waals surface area contributed by atoms with Gasteiger partial charge in [-0.1, -0.05) is 4.85 Å². The van der Waals surface area contributed by atoms with Crippen molar-refractivity contribution in [2.45, 2.75) is 5.37 Å². The summed E-state index contributed by atoms with van der Waals surface area (Å²) in [7, 11) is 0. The van der Waals surface area contributed by atoms with Gasteiger partial charge in [0, 0.05) is 5.41 Å². The first kappa shape index (κ1) is 10.8. The number of aromatic nitrogens is 3. The summed E-state index contributed by atoms with van der Waals surface area (Å²) in [4.78, 5) is 24.4. The number of nitrogens with zero attached hydrogens (tertiary/aromatic N) is 4. The Kier molecular flexibility index (Phi) is 2.17. The minimum Gasteiger partial charge on any atom is -0.477 e. The Labute approximate surface area is 104 Å². The van der Waals surface area contributed by atoms with Gasteiger partial charge in [0.2, 0.25) is 0 Å². The van der Waals surface area contributed by atoms with Crippen LogP contribution >= 0.6 is 11.8 Å². The number of carbonyl (C=O) groups is 2. The molecule has 0 aliphatic carbocycles. The quantitative estimate of drug-likeness (QED) is 0.431. The number of carbonyl (C=O) groups excluding carboxylic acids is 1. The summed E-state index contributed by atoms with van der Waals surface area (Å²) in [5, 5.41) is 25.9. The number of carboxylic acids is 1. The Morgan fingerprint density at radius 3 is 2.94 bits per heavy atom. The molecule has 1 saturated heterocycles. The maximum atomic E-state index is 11.8. The van der Waals surface area contributed by atoms with E-state index in [1.807, 2.05) is 0 Å². The first-order valence-electron chi connectivity index (χ1n) is 4.83. The van der Waals surface area contributed by atoms with E-state index in [-0.39, 0.29) is 17.0 Å². The highest BCUT2D eigenvalue weighted by atomic mass is 32.2. The predicted octanol–water partition coefficient (Wildman–Crippen LogP) is -0.260. The van der Waals surface area contributed by atoms with Crippen molar-refractivity contribution in [1.82, 2.24) is 20.1 Å². The third kappa shape index (κ3) is 1.40. The highest BCUT2D eigenvalue weighted by molar-refractivity contribution is 8.03. The number of thioether (sulfide) groups is 1. The molecule has 92 valence electrons. The summed E-state index contributed by atoms with van der Waals surface area (Å²) >= 11 is 1.24. The van der Waals surface area contributed by atoms with Crippen LogP contribution in [0, 0.1) is 0 Å². The summed E-state index contributed by atoms with van der Waals surface area (Å²) in [6.07, 6.45) is 2.73. The van der Waals surface area contributed by atoms with E-state index < -0.39 is 5.97 Å². The van der Waals surface area contributed by atoms with Crippen LogP contribution in [-0.4, -0.2) is 47.6 Å². The van der Waals surface area contributed by atoms with Gasteiger partial charge >= 0.3 is 5.97 Å². The molecular weight excluding hydrogens is 260 g/mol. The van der Waals surface area contributed by atoms with E-state index >= 15 is 0 Å². The molecule has 1 amide bonds. The third-order valence-electron chi connectivity index (χ3n) is 2.56. The second kappa shape index (κ2) is 3.60. The minimum atomic E-state index is -1.13. The molecule has 0 saturated carbocycles. The summed E-state index contributed by atoms with van der Waals surface area (Å²) < 4.78 is 0. The topological polar surface area (TPSA) is 109 Å². The van der Waals surface area contributed by atoms with Crippen molar-refractivity contribution in [3.63, 3.8) is 0 Å². The van der Waals surface area contributed by atoms with Crippen molar-refractivity contribution in [3.8, 4) is 0 Å². The van der Waals surface area contributed by atoms with Gasteiger partial charge < -0.3 is 10.3 Å². The largest absolute Gasteiger partial charge is 0.477 e. The third-order valence-corrected chi connectivity index (χ3v) is 3.64. The molecule has 2 N–H and O–H groups in total. The van der Waals surface area contributed by atoms with Crippen LogP contribution in [0.4, 0.5) is 0 Å². The van der Waals surface area contributed by atoms with Crippen LogP contribution in [-0.2, 0) is 9.59 Å². The minimum absolute atomic E-state index is 0.0158. The molecule has 18 heavy (non-hydrogen) atoms. The lowest BCUT2D eigenvalue weighted by molar-refractivity contribution is -0.141. The Hall–Kier alpha value is -2.29. The number of aliphatic carboxylic acids is 1. The zero-order valence-electron chi connectivity index (χ0n) is 8.72. The maximum Gasteiger partial charge on any atom is 0.353 e. The van der Waals surface area contributed by atoms with E-state index in [0.29, 0.717) is 16.1 Å². The van der Waals surface area contributed by atoms with Crippen LogP contribution in [0.2, 0.25) is 0 Å². The van der Waals surface area contributed by atoms with Gasteiger partial charge in [-0.05, 0) is 11.3 Å². The lowest BCUT2D eigenvalue weighted by Gasteiger charge is -2.36. The highest BCUT2D eigenvalue weighted by Gasteiger charge is 2.49. The number of rotatable bonds is 2. The van der Waals surface area contributed by atoms with Gasteiger partial charge in [0.1, 0.15) is 16.8 Å². The van der Waals surface area contributed by atoms with Gasteiger partial charge in [-0.25, -0.2) is 4.79 Å². The van der Waals surface area contributed by atoms with Crippen molar-refractivity contribution in [2.75, 3.05) is 0 Å². The smallest absolute Gasteiger partial charge is 0.353 e. The molecule has 3 rings (SSSR count). The van der Waals surface area contributed by atoms with Crippen molar-refractivity contribution >= 4 is 29.7 Å². The fourth-order valence-electron chi connectivity index (χ4n) is 1.76. The molecule has 0 unspecified atom stereocenters. The summed E-state index contributed by atoms with van der Waals surface area (Å²) in [5.41, 5.74) is 0.760. The Bertz CT molecular complexity index is 620. The van der Waals surface area contributed by atoms with Gasteiger partial charge in [-0.2, -0.15) is 0 Å². The van der Waals surface area contributed by atoms with E-state index in [4.69, 9.17) is 10.3 Å². The number of carboxylic acid groups (broad SMARTS) is 1. The van der Waals surface area contributed by atoms with Gasteiger partial charge in [-0.3, -0.25) is 9.69 Å². The van der Waals surface area contributed by atoms with E-state index in [2.05, 4.69) is 10.3 Å². The van der Waals surface area contributed by atoms with Crippen LogP contribution < -0.4 is 0 Å². The SMILES string of the molecule is O=C(O)C1=CS[C@@H]2/C(=C/c3cn(O)nn3)C(=O)N12. The predicted molar refractivity (Wildman–Crippen MR) is 59.1 cm³/mol. The van der Waals surface area contributed by atoms with Gasteiger partial charge in [0.15, 0.2) is 0 Å². The van der Waals surface area contributed by atoms with Crippen molar-refractivity contribution in [1.29, 1.82) is 0 Å². The first-order chi connectivity index (χ1) is 8.58. The van der Waals surface area contributed by atoms with E-state index in [9.17, 15) is 9.59 Å². The summed E-state index contributed by atoms with van der Waals surface area (Å²) in [6.45, 7) is 0. The highest BCUT2D eigenvalue weighted by Crippen LogP contribution is 2.44. The van der Waals surface area contributed by atoms with Gasteiger partial charge in [0.25, 0.3) is 5.91 Å². The van der Waals surface area contributed by atoms with E-state index in [1.54, 1.807) is 0 Å². The Morgan fingerprint density at radius 1 is 1.56 bits per heavy atom. The van der Waals surface area contributed by atoms with Gasteiger partial charge in [-0.15, -0.1) is 16.9 Å². The van der Waals surface area contributed by atoms with Crippen molar-refractivity contribution in [3.05, 3.63) is 28.6 Å². The lowest BCUT2D eigenvalue weighted by atomic mass is 10.0. The van der Waals surface area contributed by atoms with Crippen LogP contribution in [0.15, 0.2) is 22.9 Å². The Morgan fingerprint density at radius 2 is 2.33 bits per heavy atom. The average Bonchev–Trinajstić information content (AvgIpc) is 2.89. The fraction of sp³-hybridized carbons (Fsp3) is 0.111. The standard InChI is InChI=1S/C9H6N4O4S/c14-7-5(1-4-2-12(17)11-10-4)8-13(7)6(3-18-8)9(15)16/h1-3,8,17H,(H,15,16)/b5-1+/t8-/m1/s1.